The molecule has 0 unspecified atom stereocenters. The highest BCUT2D eigenvalue weighted by Crippen LogP contribution is 2.27. The van der Waals surface area contributed by atoms with Crippen LogP contribution in [0.2, 0.25) is 0 Å². The monoisotopic (exact) mass is 210 g/mol. The number of aliphatic hydroxyl groups excluding tert-OH is 1. The first-order valence-corrected chi connectivity index (χ1v) is 5.30. The van der Waals surface area contributed by atoms with Gasteiger partial charge in [-0.3, -0.25) is 0 Å². The molecule has 15 heavy (non-hydrogen) atoms. The Kier molecular flexibility index (Phi) is 3.03. The molecule has 0 saturated heterocycles. The van der Waals surface area contributed by atoms with Crippen molar-refractivity contribution in [1.82, 2.24) is 9.80 Å². The highest BCUT2D eigenvalue weighted by atomic mass is 16.3. The Morgan fingerprint density at radius 3 is 2.13 bits per heavy atom. The van der Waals surface area contributed by atoms with Gasteiger partial charge in [-0.1, -0.05) is 20.8 Å². The molecule has 0 spiro atoms. The van der Waals surface area contributed by atoms with Gasteiger partial charge < -0.3 is 14.9 Å². The van der Waals surface area contributed by atoms with Crippen molar-refractivity contribution < 1.29 is 5.11 Å². The molecular formula is C12H22N2O. The predicted molar refractivity (Wildman–Crippen MR) is 63.0 cm³/mol. The van der Waals surface area contributed by atoms with Gasteiger partial charge in [0, 0.05) is 30.1 Å². The van der Waals surface area contributed by atoms with Crippen LogP contribution in [0.15, 0.2) is 23.4 Å². The van der Waals surface area contributed by atoms with Gasteiger partial charge in [0.15, 0.2) is 0 Å². The zero-order valence-electron chi connectivity index (χ0n) is 10.6. The smallest absolute Gasteiger partial charge is 0.114 e. The zero-order valence-corrected chi connectivity index (χ0v) is 10.6. The molecule has 1 heterocycles. The number of nitrogens with zero attached hydrogens (tertiary/aromatic N) is 2. The van der Waals surface area contributed by atoms with E-state index in [9.17, 15) is 5.11 Å². The second-order valence-corrected chi connectivity index (χ2v) is 5.24. The molecule has 0 atom stereocenters. The highest BCUT2D eigenvalue weighted by Gasteiger charge is 2.22. The highest BCUT2D eigenvalue weighted by molar-refractivity contribution is 5.17. The first-order chi connectivity index (χ1) is 6.73. The van der Waals surface area contributed by atoms with E-state index in [1.165, 1.54) is 11.4 Å². The quantitative estimate of drug-likeness (QED) is 0.674. The summed E-state index contributed by atoms with van der Waals surface area (Å²) < 4.78 is 0. The molecule has 0 amide bonds. The van der Waals surface area contributed by atoms with Crippen molar-refractivity contribution in [3.63, 3.8) is 0 Å². The van der Waals surface area contributed by atoms with Gasteiger partial charge in [0.25, 0.3) is 0 Å². The van der Waals surface area contributed by atoms with Crippen LogP contribution in [-0.4, -0.2) is 28.6 Å². The van der Waals surface area contributed by atoms with Crippen molar-refractivity contribution in [3.8, 4) is 0 Å². The van der Waals surface area contributed by atoms with E-state index in [4.69, 9.17) is 0 Å². The van der Waals surface area contributed by atoms with Crippen LogP contribution in [0.5, 0.6) is 0 Å². The van der Waals surface area contributed by atoms with Crippen molar-refractivity contribution in [2.24, 2.45) is 5.41 Å². The fourth-order valence-corrected chi connectivity index (χ4v) is 1.40. The molecule has 1 N–H and O–H groups in total. The largest absolute Gasteiger partial charge is 0.510 e. The summed E-state index contributed by atoms with van der Waals surface area (Å²) in [5, 5.41) is 9.91. The standard InChI is InChI=1S/C12H22N2O/c1-9-10(2)14(8-13(9)6)7-11(15)12(3,4)5/h7,15H,8H2,1-6H3/b11-7-. The molecule has 1 aliphatic heterocycles. The lowest BCUT2D eigenvalue weighted by Crippen LogP contribution is -2.22. The molecule has 86 valence electrons. The minimum atomic E-state index is -0.185. The average molecular weight is 210 g/mol. The van der Waals surface area contributed by atoms with E-state index in [0.717, 1.165) is 6.67 Å². The van der Waals surface area contributed by atoms with E-state index in [0.29, 0.717) is 5.76 Å². The van der Waals surface area contributed by atoms with E-state index >= 15 is 0 Å². The van der Waals surface area contributed by atoms with E-state index < -0.39 is 0 Å². The topological polar surface area (TPSA) is 26.7 Å². The van der Waals surface area contributed by atoms with Crippen molar-refractivity contribution >= 4 is 0 Å². The van der Waals surface area contributed by atoms with Crippen LogP contribution in [0.25, 0.3) is 0 Å². The molecule has 0 radical (unpaired) electrons. The summed E-state index contributed by atoms with van der Waals surface area (Å²) in [6.07, 6.45) is 1.84. The van der Waals surface area contributed by atoms with Gasteiger partial charge in [0.05, 0.1) is 6.67 Å². The van der Waals surface area contributed by atoms with Crippen LogP contribution in [0.1, 0.15) is 34.6 Å². The van der Waals surface area contributed by atoms with Gasteiger partial charge in [-0.25, -0.2) is 0 Å². The van der Waals surface area contributed by atoms with E-state index in [1.54, 1.807) is 0 Å². The third kappa shape index (κ3) is 2.46. The third-order valence-corrected chi connectivity index (χ3v) is 2.94. The molecule has 3 heteroatoms. The summed E-state index contributed by atoms with van der Waals surface area (Å²) in [4.78, 5) is 4.25. The molecule has 0 bridgehead atoms. The Balaban J connectivity index is 2.87. The zero-order chi connectivity index (χ0) is 11.8. The van der Waals surface area contributed by atoms with Crippen LogP contribution >= 0.6 is 0 Å². The number of hydrogen-bond donors (Lipinski definition) is 1. The number of rotatable bonds is 1. The lowest BCUT2D eigenvalue weighted by Gasteiger charge is -2.22. The minimum absolute atomic E-state index is 0.185. The minimum Gasteiger partial charge on any atom is -0.510 e. The van der Waals surface area contributed by atoms with Crippen LogP contribution in [0.4, 0.5) is 0 Å². The Bertz CT molecular complexity index is 310. The fourth-order valence-electron chi connectivity index (χ4n) is 1.40. The van der Waals surface area contributed by atoms with Crippen LogP contribution in [0.3, 0.4) is 0 Å². The third-order valence-electron chi connectivity index (χ3n) is 2.94. The van der Waals surface area contributed by atoms with Gasteiger partial charge in [0.1, 0.15) is 5.76 Å². The fraction of sp³-hybridized carbons (Fsp3) is 0.667. The maximum Gasteiger partial charge on any atom is 0.114 e. The number of hydrogen-bond acceptors (Lipinski definition) is 3. The molecule has 0 aromatic rings. The Morgan fingerprint density at radius 1 is 1.27 bits per heavy atom. The number of aliphatic hydroxyl groups is 1. The van der Waals surface area contributed by atoms with E-state index in [1.807, 2.05) is 27.0 Å². The first-order valence-electron chi connectivity index (χ1n) is 5.30. The second-order valence-electron chi connectivity index (χ2n) is 5.24. The lowest BCUT2D eigenvalue weighted by molar-refractivity contribution is 0.254. The molecule has 0 saturated carbocycles. The van der Waals surface area contributed by atoms with Crippen molar-refractivity contribution in [2.75, 3.05) is 13.7 Å². The Morgan fingerprint density at radius 2 is 1.80 bits per heavy atom. The molecule has 1 aliphatic rings. The van der Waals surface area contributed by atoms with E-state index in [2.05, 4.69) is 30.7 Å². The van der Waals surface area contributed by atoms with Gasteiger partial charge in [-0.2, -0.15) is 0 Å². The van der Waals surface area contributed by atoms with Gasteiger partial charge in [0.2, 0.25) is 0 Å². The summed E-state index contributed by atoms with van der Waals surface area (Å²) in [6, 6.07) is 0. The van der Waals surface area contributed by atoms with Crippen LogP contribution in [0, 0.1) is 5.41 Å². The average Bonchev–Trinajstić information content (AvgIpc) is 2.32. The van der Waals surface area contributed by atoms with Crippen molar-refractivity contribution in [1.29, 1.82) is 0 Å². The van der Waals surface area contributed by atoms with E-state index in [-0.39, 0.29) is 5.41 Å². The summed E-state index contributed by atoms with van der Waals surface area (Å²) in [5.74, 6) is 0.421. The van der Waals surface area contributed by atoms with Gasteiger partial charge >= 0.3 is 0 Å². The van der Waals surface area contributed by atoms with Crippen LogP contribution in [-0.2, 0) is 0 Å². The summed E-state index contributed by atoms with van der Waals surface area (Å²) >= 11 is 0. The SMILES string of the molecule is CC1=C(C)N(/C=C(\O)C(C)(C)C)CN1C. The number of allylic oxidation sites excluding steroid dienone is 3. The molecule has 1 rings (SSSR count). The molecular weight excluding hydrogens is 188 g/mol. The summed E-state index contributed by atoms with van der Waals surface area (Å²) in [5.41, 5.74) is 2.27. The molecule has 0 aromatic heterocycles. The predicted octanol–water partition coefficient (Wildman–Crippen LogP) is 2.89. The summed E-state index contributed by atoms with van der Waals surface area (Å²) in [6.45, 7) is 11.0. The second kappa shape index (κ2) is 3.80. The van der Waals surface area contributed by atoms with Gasteiger partial charge in [-0.15, -0.1) is 0 Å². The lowest BCUT2D eigenvalue weighted by atomic mass is 9.94. The normalized spacial score (nSPS) is 19.2. The summed E-state index contributed by atoms with van der Waals surface area (Å²) in [7, 11) is 2.06. The molecule has 0 aromatic carbocycles. The maximum atomic E-state index is 9.91. The van der Waals surface area contributed by atoms with Crippen molar-refractivity contribution in [3.05, 3.63) is 23.4 Å². The van der Waals surface area contributed by atoms with Crippen LogP contribution < -0.4 is 0 Å². The Hall–Kier alpha value is -1.12. The molecule has 0 aliphatic carbocycles. The van der Waals surface area contributed by atoms with Gasteiger partial charge in [-0.05, 0) is 13.8 Å². The molecule has 3 nitrogen and oxygen atoms in total. The first kappa shape index (κ1) is 12.0. The van der Waals surface area contributed by atoms with Crippen molar-refractivity contribution in [2.45, 2.75) is 34.6 Å². The Labute approximate surface area is 92.7 Å². The maximum absolute atomic E-state index is 9.91. The molecule has 0 fully saturated rings.